The highest BCUT2D eigenvalue weighted by molar-refractivity contribution is 5.76. The van der Waals surface area contributed by atoms with Gasteiger partial charge in [0.15, 0.2) is 0 Å². The van der Waals surface area contributed by atoms with E-state index in [1.807, 2.05) is 12.1 Å². The van der Waals surface area contributed by atoms with E-state index in [-0.39, 0.29) is 24.2 Å². The van der Waals surface area contributed by atoms with Crippen LogP contribution in [0.15, 0.2) is 24.4 Å². The fourth-order valence-electron chi connectivity index (χ4n) is 4.36. The van der Waals surface area contributed by atoms with E-state index < -0.39 is 11.7 Å². The number of halogens is 3. The molecule has 1 aromatic heterocycles. The molecule has 0 saturated carbocycles. The molecule has 2 aliphatic rings. The molecule has 0 spiro atoms. The Labute approximate surface area is 220 Å². The molecule has 3 heterocycles. The molecule has 0 radical (unpaired) electrons. The monoisotopic (exact) mass is 531 g/mol. The van der Waals surface area contributed by atoms with Crippen LogP contribution < -0.4 is 15.5 Å². The number of hydrogen-bond donors (Lipinski definition) is 2. The third-order valence-electron chi connectivity index (χ3n) is 6.58. The summed E-state index contributed by atoms with van der Waals surface area (Å²) in [5, 5.41) is 5.74. The van der Waals surface area contributed by atoms with Gasteiger partial charge in [0.2, 0.25) is 11.9 Å². The molecule has 2 aromatic rings. The lowest BCUT2D eigenvalue weighted by molar-refractivity contribution is -0.137. The average Bonchev–Trinajstić information content (AvgIpc) is 3.10. The molecule has 0 atom stereocenters. The number of aromatic nitrogens is 2. The van der Waals surface area contributed by atoms with Crippen LogP contribution in [-0.4, -0.2) is 91.7 Å². The summed E-state index contributed by atoms with van der Waals surface area (Å²) in [5.74, 6) is 2.28. The highest BCUT2D eigenvalue weighted by Crippen LogP contribution is 2.34. The number of terminal acetylenes is 1. The molecule has 1 amide bonds. The number of piperazine rings is 1. The molecule has 38 heavy (non-hydrogen) atoms. The van der Waals surface area contributed by atoms with Gasteiger partial charge < -0.3 is 30.1 Å². The molecule has 4 rings (SSSR count). The molecule has 1 aromatic carbocycles. The van der Waals surface area contributed by atoms with Crippen molar-refractivity contribution in [3.05, 3.63) is 35.5 Å². The number of benzene rings is 1. The van der Waals surface area contributed by atoms with E-state index in [1.165, 1.54) is 0 Å². The van der Waals surface area contributed by atoms with E-state index >= 15 is 0 Å². The first-order valence-corrected chi connectivity index (χ1v) is 12.6. The first kappa shape index (κ1) is 27.5. The molecule has 9 nitrogen and oxygen atoms in total. The SMILES string of the molecule is C#Cc1cc(N2CCN(C)CC2)ccc1Nc1ncc(C(F)(F)F)c(NCCCN2CCOCCC2=O)n1. The fourth-order valence-corrected chi connectivity index (χ4v) is 4.36. The van der Waals surface area contributed by atoms with Crippen molar-refractivity contribution in [2.75, 3.05) is 81.6 Å². The minimum Gasteiger partial charge on any atom is -0.379 e. The van der Waals surface area contributed by atoms with E-state index in [2.05, 4.69) is 43.4 Å². The van der Waals surface area contributed by atoms with Crippen LogP contribution in [0.5, 0.6) is 0 Å². The summed E-state index contributed by atoms with van der Waals surface area (Å²) in [4.78, 5) is 26.2. The van der Waals surface area contributed by atoms with Gasteiger partial charge in [-0.1, -0.05) is 5.92 Å². The van der Waals surface area contributed by atoms with Crippen molar-refractivity contribution in [3.8, 4) is 12.3 Å². The number of likely N-dealkylation sites (N-methyl/N-ethyl adjacent to an activating group) is 1. The number of hydrogen-bond acceptors (Lipinski definition) is 8. The van der Waals surface area contributed by atoms with Crippen molar-refractivity contribution in [2.45, 2.75) is 19.0 Å². The van der Waals surface area contributed by atoms with E-state index in [4.69, 9.17) is 11.2 Å². The van der Waals surface area contributed by atoms with Gasteiger partial charge in [-0.25, -0.2) is 4.98 Å². The summed E-state index contributed by atoms with van der Waals surface area (Å²) in [6, 6.07) is 5.60. The van der Waals surface area contributed by atoms with E-state index in [1.54, 1.807) is 11.0 Å². The van der Waals surface area contributed by atoms with Crippen LogP contribution in [0.2, 0.25) is 0 Å². The zero-order valence-electron chi connectivity index (χ0n) is 21.4. The third-order valence-corrected chi connectivity index (χ3v) is 6.58. The van der Waals surface area contributed by atoms with Gasteiger partial charge in [-0.2, -0.15) is 18.2 Å². The number of anilines is 4. The van der Waals surface area contributed by atoms with Crippen molar-refractivity contribution in [2.24, 2.45) is 0 Å². The lowest BCUT2D eigenvalue weighted by atomic mass is 10.1. The van der Waals surface area contributed by atoms with Gasteiger partial charge in [0.05, 0.1) is 25.3 Å². The lowest BCUT2D eigenvalue weighted by Crippen LogP contribution is -2.44. The van der Waals surface area contributed by atoms with Crippen molar-refractivity contribution >= 4 is 29.0 Å². The Morgan fingerprint density at radius 2 is 1.95 bits per heavy atom. The topological polar surface area (TPSA) is 85.9 Å². The molecule has 0 bridgehead atoms. The van der Waals surface area contributed by atoms with Gasteiger partial charge in [0.1, 0.15) is 11.4 Å². The predicted molar refractivity (Wildman–Crippen MR) is 140 cm³/mol. The predicted octanol–water partition coefficient (Wildman–Crippen LogP) is 3.02. The smallest absolute Gasteiger partial charge is 0.379 e. The molecule has 2 saturated heterocycles. The molecule has 204 valence electrons. The number of carbonyl (C=O) groups excluding carboxylic acids is 1. The van der Waals surface area contributed by atoms with Gasteiger partial charge in [-0.3, -0.25) is 4.79 Å². The van der Waals surface area contributed by atoms with Crippen LogP contribution in [0.1, 0.15) is 24.0 Å². The number of alkyl halides is 3. The molecular weight excluding hydrogens is 499 g/mol. The Morgan fingerprint density at radius 1 is 1.16 bits per heavy atom. The number of amides is 1. The third kappa shape index (κ3) is 7.05. The van der Waals surface area contributed by atoms with Gasteiger partial charge >= 0.3 is 6.18 Å². The van der Waals surface area contributed by atoms with Gasteiger partial charge in [0.25, 0.3) is 0 Å². The first-order valence-electron chi connectivity index (χ1n) is 12.6. The van der Waals surface area contributed by atoms with E-state index in [0.717, 1.165) is 38.1 Å². The quantitative estimate of drug-likeness (QED) is 0.397. The Bertz CT molecular complexity index is 1160. The number of carbonyl (C=O) groups is 1. The molecule has 2 aliphatic heterocycles. The maximum absolute atomic E-state index is 13.6. The summed E-state index contributed by atoms with van der Waals surface area (Å²) in [6.45, 7) is 5.57. The maximum atomic E-state index is 13.6. The standard InChI is InChI=1S/C26H32F3N7O2/c1-3-19-17-20(35-12-10-34(2)11-13-35)5-6-22(19)32-25-31-18-21(26(27,28)29)24(33-25)30-8-4-9-36-14-16-38-15-7-23(36)37/h1,5-6,17-18H,4,7-16H2,2H3,(H2,30,31,32,33). The molecule has 12 heteroatoms. The van der Waals surface area contributed by atoms with Crippen LogP contribution in [0.25, 0.3) is 0 Å². The summed E-state index contributed by atoms with van der Waals surface area (Å²) in [6.07, 6.45) is 2.62. The zero-order valence-corrected chi connectivity index (χ0v) is 21.4. The van der Waals surface area contributed by atoms with Crippen LogP contribution >= 0.6 is 0 Å². The van der Waals surface area contributed by atoms with Gasteiger partial charge in [0, 0.05) is 63.3 Å². The van der Waals surface area contributed by atoms with E-state index in [9.17, 15) is 18.0 Å². The molecule has 0 unspecified atom stereocenters. The van der Waals surface area contributed by atoms with E-state index in [0.29, 0.717) is 50.4 Å². The van der Waals surface area contributed by atoms with Crippen molar-refractivity contribution in [1.82, 2.24) is 19.8 Å². The minimum absolute atomic E-state index is 0.0100. The van der Waals surface area contributed by atoms with Crippen LogP contribution in [0.4, 0.5) is 36.3 Å². The van der Waals surface area contributed by atoms with Crippen LogP contribution in [0.3, 0.4) is 0 Å². The normalized spacial score (nSPS) is 17.2. The Balaban J connectivity index is 1.45. The molecule has 2 N–H and O–H groups in total. The maximum Gasteiger partial charge on any atom is 0.421 e. The largest absolute Gasteiger partial charge is 0.421 e. The highest BCUT2D eigenvalue weighted by atomic mass is 19.4. The lowest BCUT2D eigenvalue weighted by Gasteiger charge is -2.34. The van der Waals surface area contributed by atoms with Gasteiger partial charge in [-0.15, -0.1) is 6.42 Å². The molecule has 0 aliphatic carbocycles. The molecule has 2 fully saturated rings. The van der Waals surface area contributed by atoms with Crippen LogP contribution in [-0.2, 0) is 15.7 Å². The number of nitrogens with one attached hydrogen (secondary N) is 2. The summed E-state index contributed by atoms with van der Waals surface area (Å²) >= 11 is 0. The molecular formula is C26H32F3N7O2. The fraction of sp³-hybridized carbons (Fsp3) is 0.500. The summed E-state index contributed by atoms with van der Waals surface area (Å²) in [7, 11) is 2.08. The van der Waals surface area contributed by atoms with Crippen LogP contribution in [0, 0.1) is 12.3 Å². The van der Waals surface area contributed by atoms with Gasteiger partial charge in [-0.05, 0) is 31.7 Å². The van der Waals surface area contributed by atoms with Crippen molar-refractivity contribution in [1.29, 1.82) is 0 Å². The second-order valence-electron chi connectivity index (χ2n) is 9.27. The second-order valence-corrected chi connectivity index (χ2v) is 9.27. The Kier molecular flexibility index (Phi) is 8.91. The first-order chi connectivity index (χ1) is 18.2. The number of rotatable bonds is 8. The second kappa shape index (κ2) is 12.3. The average molecular weight is 532 g/mol. The summed E-state index contributed by atoms with van der Waals surface area (Å²) < 4.78 is 46.2. The Hall–Kier alpha value is -3.56. The Morgan fingerprint density at radius 3 is 2.68 bits per heavy atom. The summed E-state index contributed by atoms with van der Waals surface area (Å²) in [5.41, 5.74) is 1.11. The highest BCUT2D eigenvalue weighted by Gasteiger charge is 2.35. The minimum atomic E-state index is -4.63. The number of ether oxygens (including phenoxy) is 1. The van der Waals surface area contributed by atoms with Crippen molar-refractivity contribution in [3.63, 3.8) is 0 Å². The number of nitrogens with zero attached hydrogens (tertiary/aromatic N) is 5. The van der Waals surface area contributed by atoms with Crippen molar-refractivity contribution < 1.29 is 22.7 Å². The zero-order chi connectivity index (χ0) is 27.1.